The maximum Gasteiger partial charge on any atom is 0.230 e. The summed E-state index contributed by atoms with van der Waals surface area (Å²) in [4.78, 5) is 16.1. The van der Waals surface area contributed by atoms with Crippen molar-refractivity contribution in [3.05, 3.63) is 39.3 Å². The summed E-state index contributed by atoms with van der Waals surface area (Å²) in [6, 6.07) is 1.81. The van der Waals surface area contributed by atoms with Crippen molar-refractivity contribution in [3.8, 4) is 0 Å². The van der Waals surface area contributed by atoms with E-state index in [1.165, 1.54) is 0 Å². The number of aryl methyl sites for hydroxylation is 3. The third-order valence-corrected chi connectivity index (χ3v) is 3.66. The normalized spacial score (nSPS) is 10.5. The van der Waals surface area contributed by atoms with Gasteiger partial charge in [-0.05, 0) is 48.3 Å². The van der Waals surface area contributed by atoms with Gasteiger partial charge >= 0.3 is 0 Å². The summed E-state index contributed by atoms with van der Waals surface area (Å²) in [5, 5.41) is 6.59. The summed E-state index contributed by atoms with van der Waals surface area (Å²) in [6.07, 6.45) is 1.90. The molecule has 5 nitrogen and oxygen atoms in total. The zero-order valence-electron chi connectivity index (χ0n) is 11.0. The molecule has 2 heterocycles. The summed E-state index contributed by atoms with van der Waals surface area (Å²) < 4.78 is 5.94. The largest absolute Gasteiger partial charge is 0.361 e. The van der Waals surface area contributed by atoms with Gasteiger partial charge in [0.15, 0.2) is 0 Å². The molecule has 0 aliphatic heterocycles. The zero-order chi connectivity index (χ0) is 14.0. The number of aromatic nitrogens is 2. The zero-order valence-corrected chi connectivity index (χ0v) is 12.5. The summed E-state index contributed by atoms with van der Waals surface area (Å²) in [6.45, 7) is 5.56. The Morgan fingerprint density at radius 2 is 2.16 bits per heavy atom. The Balaban J connectivity index is 2.07. The molecule has 0 aliphatic carbocycles. The Kier molecular flexibility index (Phi) is 3.99. The molecular weight excluding hydrogens is 310 g/mol. The highest BCUT2D eigenvalue weighted by atomic mass is 79.9. The molecule has 0 atom stereocenters. The number of carbonyl (C=O) groups is 1. The average Bonchev–Trinajstić information content (AvgIpc) is 2.66. The predicted octanol–water partition coefficient (Wildman–Crippen LogP) is 2.94. The molecule has 0 spiro atoms. The minimum atomic E-state index is -0.136. The van der Waals surface area contributed by atoms with Gasteiger partial charge in [0.2, 0.25) is 5.91 Å². The Morgan fingerprint density at radius 1 is 1.42 bits per heavy atom. The van der Waals surface area contributed by atoms with Crippen LogP contribution in [-0.4, -0.2) is 16.0 Å². The number of hydrogen-bond donors (Lipinski definition) is 1. The highest BCUT2D eigenvalue weighted by molar-refractivity contribution is 9.10. The Labute approximate surface area is 119 Å². The summed E-state index contributed by atoms with van der Waals surface area (Å²) in [7, 11) is 0. The third-order valence-electron chi connectivity index (χ3n) is 2.83. The van der Waals surface area contributed by atoms with Gasteiger partial charge in [-0.25, -0.2) is 4.98 Å². The number of amides is 1. The van der Waals surface area contributed by atoms with Crippen molar-refractivity contribution in [2.45, 2.75) is 27.2 Å². The third kappa shape index (κ3) is 3.20. The fourth-order valence-electron chi connectivity index (χ4n) is 1.71. The second kappa shape index (κ2) is 5.52. The number of nitrogens with zero attached hydrogens (tertiary/aromatic N) is 2. The minimum Gasteiger partial charge on any atom is -0.361 e. The fraction of sp³-hybridized carbons (Fsp3) is 0.308. The first kappa shape index (κ1) is 13.7. The van der Waals surface area contributed by atoms with E-state index in [9.17, 15) is 4.79 Å². The Bertz CT molecular complexity index is 603. The van der Waals surface area contributed by atoms with Crippen LogP contribution in [0.25, 0.3) is 0 Å². The van der Waals surface area contributed by atoms with Gasteiger partial charge in [0.25, 0.3) is 0 Å². The van der Waals surface area contributed by atoms with Gasteiger partial charge in [-0.3, -0.25) is 4.79 Å². The first-order chi connectivity index (χ1) is 8.97. The first-order valence-electron chi connectivity index (χ1n) is 5.81. The summed E-state index contributed by atoms with van der Waals surface area (Å²) >= 11 is 3.37. The topological polar surface area (TPSA) is 68.0 Å². The van der Waals surface area contributed by atoms with Crippen LogP contribution in [0.15, 0.2) is 21.3 Å². The van der Waals surface area contributed by atoms with E-state index in [4.69, 9.17) is 4.52 Å². The molecule has 0 fully saturated rings. The fourth-order valence-corrected chi connectivity index (χ4v) is 1.93. The van der Waals surface area contributed by atoms with Crippen LogP contribution in [0.5, 0.6) is 0 Å². The Hall–Kier alpha value is -1.69. The van der Waals surface area contributed by atoms with Crippen LogP contribution in [0.2, 0.25) is 0 Å². The quantitative estimate of drug-likeness (QED) is 0.942. The van der Waals surface area contributed by atoms with Gasteiger partial charge in [0, 0.05) is 16.2 Å². The lowest BCUT2D eigenvalue weighted by molar-refractivity contribution is -0.115. The molecule has 6 heteroatoms. The number of rotatable bonds is 3. The monoisotopic (exact) mass is 323 g/mol. The predicted molar refractivity (Wildman–Crippen MR) is 75.0 cm³/mol. The minimum absolute atomic E-state index is 0.136. The number of halogens is 1. The van der Waals surface area contributed by atoms with E-state index < -0.39 is 0 Å². The van der Waals surface area contributed by atoms with Crippen LogP contribution in [0.1, 0.15) is 22.6 Å². The molecule has 0 aliphatic rings. The molecule has 0 radical (unpaired) electrons. The van der Waals surface area contributed by atoms with E-state index in [1.54, 1.807) is 13.1 Å². The number of hydrogen-bond acceptors (Lipinski definition) is 4. The lowest BCUT2D eigenvalue weighted by Gasteiger charge is -2.06. The van der Waals surface area contributed by atoms with Gasteiger partial charge in [-0.1, -0.05) is 5.16 Å². The van der Waals surface area contributed by atoms with Crippen LogP contribution >= 0.6 is 15.9 Å². The van der Waals surface area contributed by atoms with Crippen LogP contribution in [0.4, 0.5) is 5.82 Å². The lowest BCUT2D eigenvalue weighted by Crippen LogP contribution is -2.16. The van der Waals surface area contributed by atoms with E-state index in [0.717, 1.165) is 21.3 Å². The number of carbonyl (C=O) groups excluding carboxylic acids is 1. The van der Waals surface area contributed by atoms with E-state index in [2.05, 4.69) is 31.4 Å². The van der Waals surface area contributed by atoms with Crippen LogP contribution in [-0.2, 0) is 11.2 Å². The number of nitrogens with one attached hydrogen (secondary N) is 1. The van der Waals surface area contributed by atoms with E-state index >= 15 is 0 Å². The first-order valence-corrected chi connectivity index (χ1v) is 6.60. The number of pyridine rings is 1. The Morgan fingerprint density at radius 3 is 2.74 bits per heavy atom. The highest BCUT2D eigenvalue weighted by Gasteiger charge is 2.14. The van der Waals surface area contributed by atoms with E-state index in [0.29, 0.717) is 11.6 Å². The van der Waals surface area contributed by atoms with Crippen LogP contribution in [0.3, 0.4) is 0 Å². The molecular formula is C13H14BrN3O2. The van der Waals surface area contributed by atoms with Crippen LogP contribution < -0.4 is 5.32 Å². The maximum absolute atomic E-state index is 11.9. The van der Waals surface area contributed by atoms with Crippen molar-refractivity contribution in [1.82, 2.24) is 10.1 Å². The molecule has 100 valence electrons. The summed E-state index contributed by atoms with van der Waals surface area (Å²) in [5.74, 6) is 1.08. The smallest absolute Gasteiger partial charge is 0.230 e. The van der Waals surface area contributed by atoms with E-state index in [1.807, 2.05) is 19.9 Å². The molecule has 2 aromatic heterocycles. The second-order valence-electron chi connectivity index (χ2n) is 4.35. The van der Waals surface area contributed by atoms with Crippen molar-refractivity contribution in [2.24, 2.45) is 0 Å². The van der Waals surface area contributed by atoms with Crippen molar-refractivity contribution in [2.75, 3.05) is 5.32 Å². The lowest BCUT2D eigenvalue weighted by atomic mass is 10.1. The molecule has 0 aromatic carbocycles. The molecule has 0 saturated heterocycles. The summed E-state index contributed by atoms with van der Waals surface area (Å²) in [5.41, 5.74) is 2.58. The van der Waals surface area contributed by atoms with E-state index in [-0.39, 0.29) is 12.3 Å². The average molecular weight is 324 g/mol. The number of anilines is 1. The van der Waals surface area contributed by atoms with Gasteiger partial charge in [-0.2, -0.15) is 0 Å². The molecule has 1 N–H and O–H groups in total. The molecule has 2 aromatic rings. The molecule has 1 amide bonds. The maximum atomic E-state index is 11.9. The standard InChI is InChI=1S/C13H14BrN3O2/c1-7-4-12(15-6-11(7)14)16-13(18)5-10-8(2)17-19-9(10)3/h4,6H,5H2,1-3H3,(H,15,16,18). The molecule has 2 rings (SSSR count). The highest BCUT2D eigenvalue weighted by Crippen LogP contribution is 2.18. The molecule has 19 heavy (non-hydrogen) atoms. The molecule has 0 unspecified atom stereocenters. The molecule has 0 saturated carbocycles. The molecule has 0 bridgehead atoms. The van der Waals surface area contributed by atoms with Crippen molar-refractivity contribution in [3.63, 3.8) is 0 Å². The van der Waals surface area contributed by atoms with Crippen molar-refractivity contribution < 1.29 is 9.32 Å². The van der Waals surface area contributed by atoms with Gasteiger partial charge in [0.1, 0.15) is 11.6 Å². The van der Waals surface area contributed by atoms with Crippen molar-refractivity contribution >= 4 is 27.7 Å². The van der Waals surface area contributed by atoms with Gasteiger partial charge in [0.05, 0.1) is 12.1 Å². The SMILES string of the molecule is Cc1cc(NC(=O)Cc2c(C)noc2C)ncc1Br. The van der Waals surface area contributed by atoms with Crippen LogP contribution in [0, 0.1) is 20.8 Å². The van der Waals surface area contributed by atoms with Crippen molar-refractivity contribution in [1.29, 1.82) is 0 Å². The second-order valence-corrected chi connectivity index (χ2v) is 5.20. The van der Waals surface area contributed by atoms with Gasteiger partial charge < -0.3 is 9.84 Å². The van der Waals surface area contributed by atoms with Gasteiger partial charge in [-0.15, -0.1) is 0 Å².